The highest BCUT2D eigenvalue weighted by Crippen LogP contribution is 2.24. The molecule has 4 nitrogen and oxygen atoms in total. The first-order chi connectivity index (χ1) is 14.7. The number of anilines is 1. The highest BCUT2D eigenvalue weighted by molar-refractivity contribution is 7.14. The number of benzene rings is 3. The Kier molecular flexibility index (Phi) is 6.10. The SMILES string of the molecule is Fc1ccc(COc2ccc(C=NNc3nc(-c4ccccc4)cs3)cc2F)cc1. The van der Waals surface area contributed by atoms with Gasteiger partial charge in [0.25, 0.3) is 0 Å². The van der Waals surface area contributed by atoms with E-state index in [9.17, 15) is 8.78 Å². The fourth-order valence-corrected chi connectivity index (χ4v) is 3.35. The molecule has 30 heavy (non-hydrogen) atoms. The van der Waals surface area contributed by atoms with Crippen molar-refractivity contribution in [1.29, 1.82) is 0 Å². The summed E-state index contributed by atoms with van der Waals surface area (Å²) in [6.07, 6.45) is 1.51. The van der Waals surface area contributed by atoms with Crippen LogP contribution in [0.3, 0.4) is 0 Å². The first kappa shape index (κ1) is 19.7. The molecule has 0 unspecified atom stereocenters. The van der Waals surface area contributed by atoms with Crippen molar-refractivity contribution in [2.24, 2.45) is 5.10 Å². The Morgan fingerprint density at radius 2 is 1.80 bits per heavy atom. The molecule has 0 fully saturated rings. The van der Waals surface area contributed by atoms with Crippen LogP contribution in [0.4, 0.5) is 13.9 Å². The molecule has 1 aromatic heterocycles. The maximum absolute atomic E-state index is 14.3. The van der Waals surface area contributed by atoms with E-state index in [1.54, 1.807) is 18.2 Å². The van der Waals surface area contributed by atoms with Crippen molar-refractivity contribution in [3.05, 3.63) is 101 Å². The van der Waals surface area contributed by atoms with Gasteiger partial charge < -0.3 is 4.74 Å². The van der Waals surface area contributed by atoms with Crippen molar-refractivity contribution in [1.82, 2.24) is 4.98 Å². The van der Waals surface area contributed by atoms with Gasteiger partial charge in [-0.25, -0.2) is 13.8 Å². The van der Waals surface area contributed by atoms with Gasteiger partial charge in [0.2, 0.25) is 5.13 Å². The Morgan fingerprint density at radius 3 is 2.57 bits per heavy atom. The van der Waals surface area contributed by atoms with Crippen molar-refractivity contribution in [3.8, 4) is 17.0 Å². The summed E-state index contributed by atoms with van der Waals surface area (Å²) in [6, 6.07) is 20.3. The second-order valence-electron chi connectivity index (χ2n) is 6.38. The minimum Gasteiger partial charge on any atom is -0.486 e. The summed E-state index contributed by atoms with van der Waals surface area (Å²) in [5, 5.41) is 6.71. The second-order valence-corrected chi connectivity index (χ2v) is 7.24. The van der Waals surface area contributed by atoms with Crippen LogP contribution in [0.2, 0.25) is 0 Å². The van der Waals surface area contributed by atoms with Crippen LogP contribution in [0.25, 0.3) is 11.3 Å². The third-order valence-corrected chi connectivity index (χ3v) is 4.96. The van der Waals surface area contributed by atoms with E-state index in [4.69, 9.17) is 4.74 Å². The summed E-state index contributed by atoms with van der Waals surface area (Å²) in [5.74, 6) is -0.699. The summed E-state index contributed by atoms with van der Waals surface area (Å²) >= 11 is 1.44. The molecule has 150 valence electrons. The lowest BCUT2D eigenvalue weighted by Gasteiger charge is -2.08. The predicted molar refractivity (Wildman–Crippen MR) is 116 cm³/mol. The first-order valence-electron chi connectivity index (χ1n) is 9.14. The molecule has 4 aromatic rings. The summed E-state index contributed by atoms with van der Waals surface area (Å²) in [4.78, 5) is 4.48. The van der Waals surface area contributed by atoms with E-state index in [0.29, 0.717) is 10.7 Å². The Bertz CT molecular complexity index is 1140. The van der Waals surface area contributed by atoms with Gasteiger partial charge in [-0.15, -0.1) is 11.3 Å². The summed E-state index contributed by atoms with van der Waals surface area (Å²) in [6.45, 7) is 0.153. The molecule has 0 spiro atoms. The van der Waals surface area contributed by atoms with E-state index in [0.717, 1.165) is 16.8 Å². The monoisotopic (exact) mass is 421 g/mol. The number of nitrogens with one attached hydrogen (secondary N) is 1. The van der Waals surface area contributed by atoms with Crippen molar-refractivity contribution in [3.63, 3.8) is 0 Å². The van der Waals surface area contributed by atoms with Crippen LogP contribution in [-0.4, -0.2) is 11.2 Å². The average Bonchev–Trinajstić information content (AvgIpc) is 3.24. The topological polar surface area (TPSA) is 46.5 Å². The lowest BCUT2D eigenvalue weighted by Crippen LogP contribution is -1.98. The molecule has 0 amide bonds. The van der Waals surface area contributed by atoms with E-state index in [1.165, 1.54) is 41.8 Å². The van der Waals surface area contributed by atoms with E-state index in [2.05, 4.69) is 15.5 Å². The standard InChI is InChI=1S/C23H17F2N3OS/c24-19-9-6-16(7-10-19)14-29-22-11-8-17(12-20(22)25)13-26-28-23-27-21(15-30-23)18-4-2-1-3-5-18/h1-13,15H,14H2,(H,27,28). The van der Waals surface area contributed by atoms with Gasteiger partial charge in [0, 0.05) is 10.9 Å². The van der Waals surface area contributed by atoms with Gasteiger partial charge in [0.1, 0.15) is 12.4 Å². The van der Waals surface area contributed by atoms with Crippen LogP contribution < -0.4 is 10.2 Å². The molecule has 3 aromatic carbocycles. The van der Waals surface area contributed by atoms with Crippen molar-refractivity contribution >= 4 is 22.7 Å². The number of rotatable bonds is 7. The smallest absolute Gasteiger partial charge is 0.203 e. The van der Waals surface area contributed by atoms with Crippen molar-refractivity contribution in [2.45, 2.75) is 6.61 Å². The third kappa shape index (κ3) is 5.07. The predicted octanol–water partition coefficient (Wildman–Crippen LogP) is 6.11. The quantitative estimate of drug-likeness (QED) is 0.289. The molecule has 0 aliphatic carbocycles. The molecular formula is C23H17F2N3OS. The van der Waals surface area contributed by atoms with Gasteiger partial charge in [-0.1, -0.05) is 42.5 Å². The van der Waals surface area contributed by atoms with Crippen LogP contribution >= 0.6 is 11.3 Å². The zero-order chi connectivity index (χ0) is 20.8. The number of aromatic nitrogens is 1. The van der Waals surface area contributed by atoms with Gasteiger partial charge >= 0.3 is 0 Å². The number of hydrogen-bond donors (Lipinski definition) is 1. The number of nitrogens with zero attached hydrogens (tertiary/aromatic N) is 2. The first-order valence-corrected chi connectivity index (χ1v) is 10.0. The minimum atomic E-state index is -0.498. The summed E-state index contributed by atoms with van der Waals surface area (Å²) < 4.78 is 32.7. The molecule has 0 aliphatic heterocycles. The maximum atomic E-state index is 14.3. The van der Waals surface area contributed by atoms with E-state index in [-0.39, 0.29) is 18.2 Å². The molecule has 4 rings (SSSR count). The minimum absolute atomic E-state index is 0.122. The van der Waals surface area contributed by atoms with E-state index in [1.807, 2.05) is 35.7 Å². The zero-order valence-corrected chi connectivity index (χ0v) is 16.6. The molecule has 1 N–H and O–H groups in total. The largest absolute Gasteiger partial charge is 0.486 e. The maximum Gasteiger partial charge on any atom is 0.203 e. The van der Waals surface area contributed by atoms with Crippen LogP contribution in [0, 0.1) is 11.6 Å². The lowest BCUT2D eigenvalue weighted by atomic mass is 10.2. The average molecular weight is 421 g/mol. The van der Waals surface area contributed by atoms with Gasteiger partial charge in [-0.2, -0.15) is 5.10 Å². The van der Waals surface area contributed by atoms with Crippen LogP contribution in [0.5, 0.6) is 5.75 Å². The number of hydrogen-bond acceptors (Lipinski definition) is 5. The lowest BCUT2D eigenvalue weighted by molar-refractivity contribution is 0.290. The number of hydrazone groups is 1. The normalized spacial score (nSPS) is 11.0. The van der Waals surface area contributed by atoms with Crippen LogP contribution in [-0.2, 0) is 6.61 Å². The molecular weight excluding hydrogens is 404 g/mol. The number of ether oxygens (including phenoxy) is 1. The molecule has 7 heteroatoms. The summed E-state index contributed by atoms with van der Waals surface area (Å²) in [5.41, 5.74) is 6.09. The molecule has 0 saturated heterocycles. The third-order valence-electron chi connectivity index (χ3n) is 4.21. The number of thiazole rings is 1. The Hall–Kier alpha value is -3.58. The Labute approximate surface area is 176 Å². The fourth-order valence-electron chi connectivity index (χ4n) is 2.68. The van der Waals surface area contributed by atoms with Gasteiger partial charge in [-0.3, -0.25) is 5.43 Å². The molecule has 0 radical (unpaired) electrons. The Morgan fingerprint density at radius 1 is 1.00 bits per heavy atom. The molecule has 0 saturated carbocycles. The highest BCUT2D eigenvalue weighted by Gasteiger charge is 2.06. The van der Waals surface area contributed by atoms with Gasteiger partial charge in [0.15, 0.2) is 11.6 Å². The zero-order valence-electron chi connectivity index (χ0n) is 15.8. The van der Waals surface area contributed by atoms with Crippen molar-refractivity contribution < 1.29 is 13.5 Å². The van der Waals surface area contributed by atoms with E-state index >= 15 is 0 Å². The number of halogens is 2. The van der Waals surface area contributed by atoms with Crippen molar-refractivity contribution in [2.75, 3.05) is 5.43 Å². The summed E-state index contributed by atoms with van der Waals surface area (Å²) in [7, 11) is 0. The molecule has 1 heterocycles. The molecule has 0 aliphatic rings. The Balaban J connectivity index is 1.34. The fraction of sp³-hybridized carbons (Fsp3) is 0.0435. The second kappa shape index (κ2) is 9.28. The molecule has 0 bridgehead atoms. The van der Waals surface area contributed by atoms with Gasteiger partial charge in [0.05, 0.1) is 11.9 Å². The van der Waals surface area contributed by atoms with Gasteiger partial charge in [-0.05, 0) is 41.5 Å². The highest BCUT2D eigenvalue weighted by atomic mass is 32.1. The van der Waals surface area contributed by atoms with Crippen LogP contribution in [0.1, 0.15) is 11.1 Å². The van der Waals surface area contributed by atoms with Crippen LogP contribution in [0.15, 0.2) is 83.3 Å². The molecule has 0 atom stereocenters. The van der Waals surface area contributed by atoms with E-state index < -0.39 is 5.82 Å².